The second-order valence-electron chi connectivity index (χ2n) is 6.03. The maximum atomic E-state index is 12.8. The standard InChI is InChI=1S/C16H23N3O/c1-18(2)13-8-10-19(11-13)16(20)14-7-3-5-12-6-4-9-17-15(12)14/h3,5,7,13,17H,4,6,8-11H2,1-2H3. The van der Waals surface area contributed by atoms with Crippen LogP contribution in [0.2, 0.25) is 0 Å². The van der Waals surface area contributed by atoms with Crippen LogP contribution in [0.15, 0.2) is 18.2 Å². The van der Waals surface area contributed by atoms with E-state index in [0.717, 1.165) is 50.1 Å². The highest BCUT2D eigenvalue weighted by Gasteiger charge is 2.29. The number of nitrogens with zero attached hydrogens (tertiary/aromatic N) is 2. The van der Waals surface area contributed by atoms with E-state index in [1.54, 1.807) is 0 Å². The first kappa shape index (κ1) is 13.4. The molecule has 0 aliphatic carbocycles. The largest absolute Gasteiger partial charge is 0.384 e. The third kappa shape index (κ3) is 2.40. The molecule has 20 heavy (non-hydrogen) atoms. The summed E-state index contributed by atoms with van der Waals surface area (Å²) in [5.74, 6) is 0.181. The Balaban J connectivity index is 1.81. The second-order valence-corrected chi connectivity index (χ2v) is 6.03. The number of hydrogen-bond acceptors (Lipinski definition) is 3. The van der Waals surface area contributed by atoms with Gasteiger partial charge >= 0.3 is 0 Å². The Labute approximate surface area is 120 Å². The third-order valence-electron chi connectivity index (χ3n) is 4.49. The maximum Gasteiger partial charge on any atom is 0.256 e. The molecule has 0 radical (unpaired) electrons. The van der Waals surface area contributed by atoms with Crippen LogP contribution in [-0.4, -0.2) is 55.5 Å². The van der Waals surface area contributed by atoms with Gasteiger partial charge in [-0.3, -0.25) is 4.79 Å². The minimum atomic E-state index is 0.181. The van der Waals surface area contributed by atoms with E-state index < -0.39 is 0 Å². The molecular formula is C16H23N3O. The molecule has 4 heteroatoms. The predicted octanol–water partition coefficient (Wildman–Crippen LogP) is 1.82. The molecule has 1 aromatic carbocycles. The van der Waals surface area contributed by atoms with Crippen molar-refractivity contribution in [2.45, 2.75) is 25.3 Å². The van der Waals surface area contributed by atoms with Gasteiger partial charge in [0.2, 0.25) is 0 Å². The zero-order valence-electron chi connectivity index (χ0n) is 12.4. The van der Waals surface area contributed by atoms with Crippen molar-refractivity contribution in [3.63, 3.8) is 0 Å². The van der Waals surface area contributed by atoms with Crippen molar-refractivity contribution >= 4 is 11.6 Å². The number of carbonyl (C=O) groups is 1. The van der Waals surface area contributed by atoms with Gasteiger partial charge in [0.25, 0.3) is 5.91 Å². The first-order chi connectivity index (χ1) is 9.66. The van der Waals surface area contributed by atoms with E-state index in [-0.39, 0.29) is 5.91 Å². The molecule has 1 amide bonds. The monoisotopic (exact) mass is 273 g/mol. The van der Waals surface area contributed by atoms with Gasteiger partial charge in [-0.05, 0) is 45.0 Å². The van der Waals surface area contributed by atoms with Gasteiger partial charge in [-0.1, -0.05) is 12.1 Å². The number of nitrogens with one attached hydrogen (secondary N) is 1. The average Bonchev–Trinajstić information content (AvgIpc) is 2.96. The lowest BCUT2D eigenvalue weighted by Gasteiger charge is -2.24. The van der Waals surface area contributed by atoms with Crippen molar-refractivity contribution in [2.75, 3.05) is 39.0 Å². The molecule has 0 saturated carbocycles. The SMILES string of the molecule is CN(C)C1CCN(C(=O)c2cccc3c2NCCC3)C1. The number of likely N-dealkylation sites (N-methyl/N-ethyl adjacent to an activating group) is 1. The van der Waals surface area contributed by atoms with Crippen LogP contribution >= 0.6 is 0 Å². The van der Waals surface area contributed by atoms with Gasteiger partial charge < -0.3 is 15.1 Å². The Kier molecular flexibility index (Phi) is 3.66. The van der Waals surface area contributed by atoms with Gasteiger partial charge in [0.15, 0.2) is 0 Å². The summed E-state index contributed by atoms with van der Waals surface area (Å²) in [6.45, 7) is 2.68. The molecule has 1 fully saturated rings. The Morgan fingerprint density at radius 2 is 2.25 bits per heavy atom. The van der Waals surface area contributed by atoms with Crippen LogP contribution in [0, 0.1) is 0 Å². The number of para-hydroxylation sites is 1. The van der Waals surface area contributed by atoms with E-state index in [1.165, 1.54) is 5.56 Å². The lowest BCUT2D eigenvalue weighted by Crippen LogP contribution is -2.35. The number of amides is 1. The first-order valence-electron chi connectivity index (χ1n) is 7.48. The van der Waals surface area contributed by atoms with Crippen LogP contribution in [0.3, 0.4) is 0 Å². The molecule has 1 atom stereocenters. The molecular weight excluding hydrogens is 250 g/mol. The Morgan fingerprint density at radius 3 is 3.00 bits per heavy atom. The number of fused-ring (bicyclic) bond motifs is 1. The van der Waals surface area contributed by atoms with Crippen molar-refractivity contribution < 1.29 is 4.79 Å². The van der Waals surface area contributed by atoms with Crippen molar-refractivity contribution in [2.24, 2.45) is 0 Å². The molecule has 0 spiro atoms. The summed E-state index contributed by atoms with van der Waals surface area (Å²) in [7, 11) is 4.18. The van der Waals surface area contributed by atoms with Crippen LogP contribution < -0.4 is 5.32 Å². The van der Waals surface area contributed by atoms with Crippen LogP contribution in [0.25, 0.3) is 0 Å². The molecule has 2 aliphatic heterocycles. The fourth-order valence-corrected chi connectivity index (χ4v) is 3.21. The topological polar surface area (TPSA) is 35.6 Å². The van der Waals surface area contributed by atoms with E-state index >= 15 is 0 Å². The lowest BCUT2D eigenvalue weighted by molar-refractivity contribution is 0.0784. The molecule has 1 N–H and O–H groups in total. The highest BCUT2D eigenvalue weighted by Crippen LogP contribution is 2.28. The van der Waals surface area contributed by atoms with Gasteiger partial charge in [0.1, 0.15) is 0 Å². The van der Waals surface area contributed by atoms with E-state index in [4.69, 9.17) is 0 Å². The van der Waals surface area contributed by atoms with Crippen molar-refractivity contribution in [3.8, 4) is 0 Å². The number of rotatable bonds is 2. The van der Waals surface area contributed by atoms with E-state index in [9.17, 15) is 4.79 Å². The zero-order chi connectivity index (χ0) is 14.1. The molecule has 108 valence electrons. The fourth-order valence-electron chi connectivity index (χ4n) is 3.21. The summed E-state index contributed by atoms with van der Waals surface area (Å²) < 4.78 is 0. The molecule has 4 nitrogen and oxygen atoms in total. The van der Waals surface area contributed by atoms with Crippen molar-refractivity contribution in [1.29, 1.82) is 0 Å². The van der Waals surface area contributed by atoms with E-state index in [0.29, 0.717) is 6.04 Å². The highest BCUT2D eigenvalue weighted by atomic mass is 16.2. The Bertz CT molecular complexity index is 512. The fraction of sp³-hybridized carbons (Fsp3) is 0.562. The van der Waals surface area contributed by atoms with E-state index in [2.05, 4.69) is 30.4 Å². The molecule has 1 saturated heterocycles. The number of aryl methyl sites for hydroxylation is 1. The molecule has 1 aromatic rings. The number of benzene rings is 1. The number of anilines is 1. The summed E-state index contributed by atoms with van der Waals surface area (Å²) in [5, 5.41) is 3.41. The Morgan fingerprint density at radius 1 is 1.40 bits per heavy atom. The number of likely N-dealkylation sites (tertiary alicyclic amines) is 1. The molecule has 2 heterocycles. The maximum absolute atomic E-state index is 12.8. The summed E-state index contributed by atoms with van der Waals surface area (Å²) in [6.07, 6.45) is 3.29. The minimum absolute atomic E-state index is 0.181. The lowest BCUT2D eigenvalue weighted by atomic mass is 9.99. The Hall–Kier alpha value is -1.55. The van der Waals surface area contributed by atoms with Crippen LogP contribution in [-0.2, 0) is 6.42 Å². The quantitative estimate of drug-likeness (QED) is 0.893. The molecule has 0 bridgehead atoms. The zero-order valence-corrected chi connectivity index (χ0v) is 12.4. The van der Waals surface area contributed by atoms with Gasteiger partial charge in [0.05, 0.1) is 11.3 Å². The van der Waals surface area contributed by atoms with E-state index in [1.807, 2.05) is 17.0 Å². The molecule has 2 aliphatic rings. The average molecular weight is 273 g/mol. The summed E-state index contributed by atoms with van der Waals surface area (Å²) in [4.78, 5) is 17.0. The molecule has 0 aromatic heterocycles. The first-order valence-corrected chi connectivity index (χ1v) is 7.48. The highest BCUT2D eigenvalue weighted by molar-refractivity contribution is 6.00. The number of hydrogen-bond donors (Lipinski definition) is 1. The predicted molar refractivity (Wildman–Crippen MR) is 81.2 cm³/mol. The minimum Gasteiger partial charge on any atom is -0.384 e. The van der Waals surface area contributed by atoms with Gasteiger partial charge in [-0.2, -0.15) is 0 Å². The van der Waals surface area contributed by atoms with Gasteiger partial charge in [-0.25, -0.2) is 0 Å². The smallest absolute Gasteiger partial charge is 0.256 e. The summed E-state index contributed by atoms with van der Waals surface area (Å²) >= 11 is 0. The summed E-state index contributed by atoms with van der Waals surface area (Å²) in [6, 6.07) is 6.60. The third-order valence-corrected chi connectivity index (χ3v) is 4.49. The van der Waals surface area contributed by atoms with Crippen LogP contribution in [0.5, 0.6) is 0 Å². The van der Waals surface area contributed by atoms with Crippen molar-refractivity contribution in [3.05, 3.63) is 29.3 Å². The van der Waals surface area contributed by atoms with Gasteiger partial charge in [0, 0.05) is 25.7 Å². The molecule has 3 rings (SSSR count). The van der Waals surface area contributed by atoms with Crippen molar-refractivity contribution in [1.82, 2.24) is 9.80 Å². The molecule has 1 unspecified atom stereocenters. The van der Waals surface area contributed by atoms with Crippen LogP contribution in [0.1, 0.15) is 28.8 Å². The summed E-state index contributed by atoms with van der Waals surface area (Å²) in [5.41, 5.74) is 3.20. The van der Waals surface area contributed by atoms with Crippen LogP contribution in [0.4, 0.5) is 5.69 Å². The normalized spacial score (nSPS) is 21.8. The second kappa shape index (κ2) is 5.44. The van der Waals surface area contributed by atoms with Gasteiger partial charge in [-0.15, -0.1) is 0 Å². The number of carbonyl (C=O) groups excluding carboxylic acids is 1.